The van der Waals surface area contributed by atoms with Crippen LogP contribution in [0.25, 0.3) is 10.9 Å². The van der Waals surface area contributed by atoms with Crippen molar-refractivity contribution in [3.05, 3.63) is 83.4 Å². The van der Waals surface area contributed by atoms with Crippen LogP contribution in [0.4, 0.5) is 5.69 Å². The number of hydrogen-bond donors (Lipinski definition) is 2. The van der Waals surface area contributed by atoms with E-state index in [4.69, 9.17) is 14.5 Å². The standard InChI is InChI=1S/C30H35N3O3/c1-5-16-33(17-6-2)20-21-12-14-23(15-13-21)31-29(22-10-8-7-9-11-22)28-24-18-26(35-3)27(36-4)19-25(24)32-30(28)34/h7-15,18-19,32,34H,5-6,16-17,20H2,1-4H3. The number of aromatic hydroxyl groups is 1. The minimum Gasteiger partial charge on any atom is -0.494 e. The Morgan fingerprint density at radius 3 is 2.14 bits per heavy atom. The summed E-state index contributed by atoms with van der Waals surface area (Å²) in [5, 5.41) is 11.8. The second-order valence-electron chi connectivity index (χ2n) is 8.87. The lowest BCUT2D eigenvalue weighted by atomic mass is 10.0. The van der Waals surface area contributed by atoms with Crippen molar-refractivity contribution in [1.82, 2.24) is 9.88 Å². The van der Waals surface area contributed by atoms with Gasteiger partial charge < -0.3 is 19.6 Å². The lowest BCUT2D eigenvalue weighted by Gasteiger charge is -2.21. The summed E-state index contributed by atoms with van der Waals surface area (Å²) < 4.78 is 11.0. The number of fused-ring (bicyclic) bond motifs is 1. The number of ether oxygens (including phenoxy) is 2. The van der Waals surface area contributed by atoms with Crippen LogP contribution in [0.3, 0.4) is 0 Å². The van der Waals surface area contributed by atoms with Crippen molar-refractivity contribution in [1.29, 1.82) is 0 Å². The van der Waals surface area contributed by atoms with Gasteiger partial charge >= 0.3 is 0 Å². The molecule has 0 bridgehead atoms. The van der Waals surface area contributed by atoms with Crippen LogP contribution in [0, 0.1) is 0 Å². The number of nitrogens with zero attached hydrogens (tertiary/aromatic N) is 2. The van der Waals surface area contributed by atoms with E-state index < -0.39 is 0 Å². The molecule has 4 aromatic rings. The highest BCUT2D eigenvalue weighted by molar-refractivity contribution is 6.22. The monoisotopic (exact) mass is 485 g/mol. The first-order valence-corrected chi connectivity index (χ1v) is 12.5. The van der Waals surface area contributed by atoms with E-state index in [1.165, 1.54) is 5.56 Å². The van der Waals surface area contributed by atoms with Gasteiger partial charge in [-0.15, -0.1) is 0 Å². The molecule has 4 rings (SSSR count). The van der Waals surface area contributed by atoms with Gasteiger partial charge in [-0.25, -0.2) is 4.99 Å². The Bertz CT molecular complexity index is 1310. The summed E-state index contributed by atoms with van der Waals surface area (Å²) in [5.74, 6) is 1.23. The summed E-state index contributed by atoms with van der Waals surface area (Å²) in [5.41, 5.74) is 5.04. The number of benzene rings is 3. The third kappa shape index (κ3) is 5.55. The molecule has 1 aromatic heterocycles. The first-order chi connectivity index (χ1) is 17.6. The second kappa shape index (κ2) is 11.8. The number of rotatable bonds is 11. The van der Waals surface area contributed by atoms with Crippen molar-refractivity contribution in [2.24, 2.45) is 4.99 Å². The quantitative estimate of drug-likeness (QED) is 0.232. The largest absolute Gasteiger partial charge is 0.494 e. The van der Waals surface area contributed by atoms with Crippen LogP contribution in [-0.4, -0.2) is 48.0 Å². The topological polar surface area (TPSA) is 70.1 Å². The normalized spacial score (nSPS) is 11.9. The zero-order valence-electron chi connectivity index (χ0n) is 21.5. The fourth-order valence-corrected chi connectivity index (χ4v) is 4.57. The van der Waals surface area contributed by atoms with Gasteiger partial charge in [0.05, 0.1) is 36.7 Å². The van der Waals surface area contributed by atoms with Crippen molar-refractivity contribution < 1.29 is 14.6 Å². The lowest BCUT2D eigenvalue weighted by molar-refractivity contribution is 0.266. The molecule has 0 aliphatic carbocycles. The van der Waals surface area contributed by atoms with Gasteiger partial charge in [0.2, 0.25) is 0 Å². The summed E-state index contributed by atoms with van der Waals surface area (Å²) in [6.07, 6.45) is 2.29. The average Bonchev–Trinajstić information content (AvgIpc) is 3.22. The van der Waals surface area contributed by atoms with Gasteiger partial charge in [0.15, 0.2) is 17.4 Å². The van der Waals surface area contributed by atoms with Crippen molar-refractivity contribution in [2.45, 2.75) is 33.2 Å². The van der Waals surface area contributed by atoms with Gasteiger partial charge in [-0.05, 0) is 49.7 Å². The number of methoxy groups -OCH3 is 2. The van der Waals surface area contributed by atoms with Crippen LogP contribution in [0.5, 0.6) is 17.4 Å². The van der Waals surface area contributed by atoms with Gasteiger partial charge in [-0.3, -0.25) is 4.90 Å². The van der Waals surface area contributed by atoms with Crippen molar-refractivity contribution >= 4 is 22.3 Å². The van der Waals surface area contributed by atoms with E-state index in [0.29, 0.717) is 22.8 Å². The third-order valence-electron chi connectivity index (χ3n) is 6.23. The highest BCUT2D eigenvalue weighted by Crippen LogP contribution is 2.38. The maximum Gasteiger partial charge on any atom is 0.199 e. The minimum absolute atomic E-state index is 0.0503. The Kier molecular flexibility index (Phi) is 8.28. The molecule has 0 saturated carbocycles. The zero-order chi connectivity index (χ0) is 25.5. The summed E-state index contributed by atoms with van der Waals surface area (Å²) in [4.78, 5) is 10.6. The molecule has 0 amide bonds. The van der Waals surface area contributed by atoms with Gasteiger partial charge in [0, 0.05) is 23.6 Å². The second-order valence-corrected chi connectivity index (χ2v) is 8.87. The fourth-order valence-electron chi connectivity index (χ4n) is 4.57. The Hall–Kier alpha value is -3.77. The van der Waals surface area contributed by atoms with Crippen LogP contribution in [-0.2, 0) is 6.54 Å². The molecule has 0 fully saturated rings. The van der Waals surface area contributed by atoms with E-state index in [0.717, 1.165) is 54.6 Å². The number of H-pyrrole nitrogens is 1. The van der Waals surface area contributed by atoms with E-state index in [1.54, 1.807) is 14.2 Å². The van der Waals surface area contributed by atoms with E-state index in [1.807, 2.05) is 54.6 Å². The number of aromatic nitrogens is 1. The van der Waals surface area contributed by atoms with E-state index >= 15 is 0 Å². The van der Waals surface area contributed by atoms with Gasteiger partial charge in [0.1, 0.15) is 0 Å². The number of aliphatic imine (C=N–C) groups is 1. The molecule has 188 valence electrons. The smallest absolute Gasteiger partial charge is 0.199 e. The molecular weight excluding hydrogens is 450 g/mol. The Balaban J connectivity index is 1.77. The van der Waals surface area contributed by atoms with Crippen LogP contribution in [0.15, 0.2) is 71.7 Å². The fraction of sp³-hybridized carbons (Fsp3) is 0.300. The van der Waals surface area contributed by atoms with Crippen molar-refractivity contribution in [3.63, 3.8) is 0 Å². The molecule has 0 aliphatic rings. The maximum absolute atomic E-state index is 11.0. The lowest BCUT2D eigenvalue weighted by Crippen LogP contribution is -2.24. The van der Waals surface area contributed by atoms with E-state index in [2.05, 4.69) is 35.9 Å². The highest BCUT2D eigenvalue weighted by atomic mass is 16.5. The van der Waals surface area contributed by atoms with Crippen molar-refractivity contribution in [3.8, 4) is 17.4 Å². The molecule has 2 N–H and O–H groups in total. The maximum atomic E-state index is 11.0. The molecule has 0 atom stereocenters. The SMILES string of the molecule is CCCN(CCC)Cc1ccc(N=C(c2ccccc2)c2c(O)[nH]c3cc(OC)c(OC)cc23)cc1. The molecule has 0 saturated heterocycles. The predicted molar refractivity (Wildman–Crippen MR) is 147 cm³/mol. The molecule has 36 heavy (non-hydrogen) atoms. The summed E-state index contributed by atoms with van der Waals surface area (Å²) >= 11 is 0. The molecule has 3 aromatic carbocycles. The van der Waals surface area contributed by atoms with Crippen LogP contribution < -0.4 is 9.47 Å². The predicted octanol–water partition coefficient (Wildman–Crippen LogP) is 6.68. The molecule has 0 spiro atoms. The summed E-state index contributed by atoms with van der Waals surface area (Å²) in [7, 11) is 3.20. The number of hydrogen-bond acceptors (Lipinski definition) is 5. The van der Waals surface area contributed by atoms with Crippen molar-refractivity contribution in [2.75, 3.05) is 27.3 Å². The molecule has 0 radical (unpaired) electrons. The number of nitrogens with one attached hydrogen (secondary N) is 1. The Labute approximate surface area is 213 Å². The van der Waals surface area contributed by atoms with Crippen LogP contribution in [0.1, 0.15) is 43.4 Å². The molecular formula is C30H35N3O3. The molecule has 0 unspecified atom stereocenters. The van der Waals surface area contributed by atoms with Gasteiger partial charge in [-0.1, -0.05) is 56.3 Å². The van der Waals surface area contributed by atoms with Crippen LogP contribution in [0.2, 0.25) is 0 Å². The third-order valence-corrected chi connectivity index (χ3v) is 6.23. The Morgan fingerprint density at radius 1 is 0.889 bits per heavy atom. The molecule has 6 heteroatoms. The first kappa shape index (κ1) is 25.3. The summed E-state index contributed by atoms with van der Waals surface area (Å²) in [6.45, 7) is 7.57. The van der Waals surface area contributed by atoms with E-state index in [-0.39, 0.29) is 5.88 Å². The number of aromatic amines is 1. The molecule has 6 nitrogen and oxygen atoms in total. The summed E-state index contributed by atoms with van der Waals surface area (Å²) in [6, 6.07) is 22.0. The van der Waals surface area contributed by atoms with Crippen LogP contribution >= 0.6 is 0 Å². The van der Waals surface area contributed by atoms with E-state index in [9.17, 15) is 5.11 Å². The van der Waals surface area contributed by atoms with Gasteiger partial charge in [-0.2, -0.15) is 0 Å². The zero-order valence-corrected chi connectivity index (χ0v) is 21.5. The highest BCUT2D eigenvalue weighted by Gasteiger charge is 2.21. The van der Waals surface area contributed by atoms with Gasteiger partial charge in [0.25, 0.3) is 0 Å². The first-order valence-electron chi connectivity index (χ1n) is 12.5. The molecule has 1 heterocycles. The Morgan fingerprint density at radius 2 is 1.53 bits per heavy atom. The molecule has 0 aliphatic heterocycles. The minimum atomic E-state index is 0.0503. The average molecular weight is 486 g/mol.